The van der Waals surface area contributed by atoms with Gasteiger partial charge in [-0.15, -0.1) is 0 Å². The molecule has 0 fully saturated rings. The van der Waals surface area contributed by atoms with Crippen LogP contribution in [0.4, 0.5) is 0 Å². The van der Waals surface area contributed by atoms with Gasteiger partial charge < -0.3 is 10.7 Å². The van der Waals surface area contributed by atoms with Crippen molar-refractivity contribution in [3.63, 3.8) is 0 Å². The number of aromatic amines is 1. The number of aromatic nitrogens is 3. The number of rotatable bonds is 5. The second kappa shape index (κ2) is 7.96. The monoisotopic (exact) mass is 416 g/mol. The van der Waals surface area contributed by atoms with Crippen LogP contribution in [0.15, 0.2) is 64.9 Å². The summed E-state index contributed by atoms with van der Waals surface area (Å²) in [4.78, 5) is 28.7. The largest absolute Gasteiger partial charge is 0.405 e. The Labute approximate surface area is 170 Å². The summed E-state index contributed by atoms with van der Waals surface area (Å²) < 4.78 is 2.55. The molecular formula is C20H18Cl2N4O2. The van der Waals surface area contributed by atoms with E-state index in [0.29, 0.717) is 38.1 Å². The smallest absolute Gasteiger partial charge is 0.273 e. The molecule has 0 radical (unpaired) electrons. The number of benzene rings is 1. The number of allylic oxidation sites excluding steroid dienone is 4. The summed E-state index contributed by atoms with van der Waals surface area (Å²) in [5.74, 6) is 0. The zero-order chi connectivity index (χ0) is 20.4. The Balaban J connectivity index is 2.29. The molecule has 0 aliphatic rings. The minimum Gasteiger partial charge on any atom is -0.405 e. The average molecular weight is 417 g/mol. The number of H-pyrrole nitrogens is 1. The van der Waals surface area contributed by atoms with E-state index in [4.69, 9.17) is 28.9 Å². The summed E-state index contributed by atoms with van der Waals surface area (Å²) in [6.45, 7) is 3.67. The Morgan fingerprint density at radius 3 is 2.75 bits per heavy atom. The van der Waals surface area contributed by atoms with Crippen LogP contribution in [0.2, 0.25) is 10.0 Å². The molecule has 0 atom stereocenters. The van der Waals surface area contributed by atoms with Gasteiger partial charge in [0.05, 0.1) is 21.3 Å². The number of fused-ring (bicyclic) bond motifs is 1. The number of nitrogens with zero attached hydrogens (tertiary/aromatic N) is 2. The lowest BCUT2D eigenvalue weighted by atomic mass is 10.1. The summed E-state index contributed by atoms with van der Waals surface area (Å²) in [5.41, 5.74) is 7.49. The molecule has 3 aromatic rings. The molecule has 6 nitrogen and oxygen atoms in total. The molecule has 0 aliphatic carbocycles. The standard InChI is InChI=1S/C20H18Cl2N4O2/c1-3-5-12(8-9-23)16-11-17(27)26-19(24-16)14(20(28)25(26)2)10-13-6-4-7-15(21)18(13)22/h3-9,11,24H,1,10,23H2,2H3/b9-8-,12-5+. The quantitative estimate of drug-likeness (QED) is 0.625. The van der Waals surface area contributed by atoms with Crippen molar-refractivity contribution in [3.05, 3.63) is 103 Å². The molecule has 8 heteroatoms. The lowest BCUT2D eigenvalue weighted by molar-refractivity contribution is 0.658. The van der Waals surface area contributed by atoms with Gasteiger partial charge in [-0.3, -0.25) is 9.59 Å². The Morgan fingerprint density at radius 1 is 1.32 bits per heavy atom. The predicted octanol–water partition coefficient (Wildman–Crippen LogP) is 3.27. The molecule has 0 spiro atoms. The minimum absolute atomic E-state index is 0.217. The molecule has 3 N–H and O–H groups in total. The van der Waals surface area contributed by atoms with Gasteiger partial charge in [-0.25, -0.2) is 4.68 Å². The van der Waals surface area contributed by atoms with Gasteiger partial charge in [0.15, 0.2) is 0 Å². The normalized spacial score (nSPS) is 12.2. The third-order valence-electron chi connectivity index (χ3n) is 4.36. The molecule has 0 saturated carbocycles. The maximum atomic E-state index is 12.8. The minimum atomic E-state index is -0.354. The van der Waals surface area contributed by atoms with Gasteiger partial charge in [-0.2, -0.15) is 4.52 Å². The van der Waals surface area contributed by atoms with E-state index in [1.54, 1.807) is 36.4 Å². The second-order valence-electron chi connectivity index (χ2n) is 6.10. The predicted molar refractivity (Wildman–Crippen MR) is 114 cm³/mol. The summed E-state index contributed by atoms with van der Waals surface area (Å²) in [5, 5.41) is 0.778. The zero-order valence-corrected chi connectivity index (χ0v) is 16.6. The van der Waals surface area contributed by atoms with Crippen LogP contribution in [0.1, 0.15) is 16.8 Å². The molecular weight excluding hydrogens is 399 g/mol. The summed E-state index contributed by atoms with van der Waals surface area (Å²) in [6.07, 6.45) is 6.51. The Kier molecular flexibility index (Phi) is 5.63. The van der Waals surface area contributed by atoms with Gasteiger partial charge in [-0.05, 0) is 29.5 Å². The van der Waals surface area contributed by atoms with E-state index in [-0.39, 0.29) is 17.5 Å². The number of aryl methyl sites for hydroxylation is 1. The van der Waals surface area contributed by atoms with Crippen LogP contribution in [0, 0.1) is 0 Å². The van der Waals surface area contributed by atoms with Crippen LogP contribution in [-0.2, 0) is 13.5 Å². The van der Waals surface area contributed by atoms with E-state index in [9.17, 15) is 9.59 Å². The van der Waals surface area contributed by atoms with Crippen LogP contribution in [0.5, 0.6) is 0 Å². The van der Waals surface area contributed by atoms with E-state index in [0.717, 1.165) is 0 Å². The van der Waals surface area contributed by atoms with Gasteiger partial charge in [0.25, 0.3) is 11.1 Å². The maximum absolute atomic E-state index is 12.8. The molecule has 2 heterocycles. The first-order valence-electron chi connectivity index (χ1n) is 8.37. The molecule has 144 valence electrons. The Hall–Kier alpha value is -2.96. The topological polar surface area (TPSA) is 85.3 Å². The van der Waals surface area contributed by atoms with E-state index in [2.05, 4.69) is 11.6 Å². The van der Waals surface area contributed by atoms with E-state index in [1.807, 2.05) is 0 Å². The molecule has 0 amide bonds. The van der Waals surface area contributed by atoms with Crippen molar-refractivity contribution in [2.45, 2.75) is 6.42 Å². The number of nitrogens with one attached hydrogen (secondary N) is 1. The van der Waals surface area contributed by atoms with Crippen molar-refractivity contribution < 1.29 is 0 Å². The third kappa shape index (κ3) is 3.44. The van der Waals surface area contributed by atoms with E-state index >= 15 is 0 Å². The summed E-state index contributed by atoms with van der Waals surface area (Å²) in [6, 6.07) is 6.63. The van der Waals surface area contributed by atoms with Crippen molar-refractivity contribution in [1.82, 2.24) is 14.2 Å². The highest BCUT2D eigenvalue weighted by atomic mass is 35.5. The number of nitrogens with two attached hydrogens (primary N) is 1. The van der Waals surface area contributed by atoms with Gasteiger partial charge in [0, 0.05) is 19.5 Å². The van der Waals surface area contributed by atoms with Gasteiger partial charge >= 0.3 is 0 Å². The molecule has 1 aromatic carbocycles. The van der Waals surface area contributed by atoms with Crippen LogP contribution < -0.4 is 16.9 Å². The molecule has 28 heavy (non-hydrogen) atoms. The summed E-state index contributed by atoms with van der Waals surface area (Å²) in [7, 11) is 1.54. The lowest BCUT2D eigenvalue weighted by Gasteiger charge is -2.07. The Morgan fingerprint density at radius 2 is 2.07 bits per heavy atom. The number of hydrogen-bond donors (Lipinski definition) is 2. The zero-order valence-electron chi connectivity index (χ0n) is 15.1. The van der Waals surface area contributed by atoms with Crippen molar-refractivity contribution >= 4 is 34.4 Å². The van der Waals surface area contributed by atoms with Gasteiger partial charge in [-0.1, -0.05) is 54.1 Å². The number of halogens is 2. The highest BCUT2D eigenvalue weighted by Gasteiger charge is 2.18. The molecule has 0 unspecified atom stereocenters. The first-order valence-corrected chi connectivity index (χ1v) is 9.12. The van der Waals surface area contributed by atoms with Gasteiger partial charge in [0.1, 0.15) is 5.65 Å². The SMILES string of the molecule is C=C/C=C(\C=C/N)c1cc(=O)n2c([nH]1)c(Cc1cccc(Cl)c1Cl)c(=O)n2C. The van der Waals surface area contributed by atoms with E-state index < -0.39 is 0 Å². The highest BCUT2D eigenvalue weighted by molar-refractivity contribution is 6.42. The average Bonchev–Trinajstić information content (AvgIpc) is 2.90. The fourth-order valence-corrected chi connectivity index (χ4v) is 3.44. The highest BCUT2D eigenvalue weighted by Crippen LogP contribution is 2.27. The molecule has 3 rings (SSSR count). The van der Waals surface area contributed by atoms with E-state index in [1.165, 1.54) is 28.5 Å². The van der Waals surface area contributed by atoms with Crippen LogP contribution in [0.25, 0.3) is 11.2 Å². The fourth-order valence-electron chi connectivity index (χ4n) is 3.06. The second-order valence-corrected chi connectivity index (χ2v) is 6.88. The van der Waals surface area contributed by atoms with Crippen LogP contribution in [0.3, 0.4) is 0 Å². The summed E-state index contributed by atoms with van der Waals surface area (Å²) >= 11 is 12.4. The lowest BCUT2D eigenvalue weighted by Crippen LogP contribution is -2.24. The van der Waals surface area contributed by atoms with Crippen molar-refractivity contribution in [3.8, 4) is 0 Å². The van der Waals surface area contributed by atoms with Crippen molar-refractivity contribution in [1.29, 1.82) is 0 Å². The van der Waals surface area contributed by atoms with Crippen LogP contribution in [-0.4, -0.2) is 14.2 Å². The first-order chi connectivity index (χ1) is 13.4. The van der Waals surface area contributed by atoms with Crippen molar-refractivity contribution in [2.24, 2.45) is 12.8 Å². The third-order valence-corrected chi connectivity index (χ3v) is 5.22. The fraction of sp³-hybridized carbons (Fsp3) is 0.100. The Bertz CT molecular complexity index is 1250. The first kappa shape index (κ1) is 19.8. The molecule has 0 aliphatic heterocycles. The van der Waals surface area contributed by atoms with Crippen molar-refractivity contribution in [2.75, 3.05) is 0 Å². The number of hydrogen-bond acceptors (Lipinski definition) is 3. The molecule has 0 bridgehead atoms. The maximum Gasteiger partial charge on any atom is 0.273 e. The molecule has 2 aromatic heterocycles. The van der Waals surface area contributed by atoms with Crippen LogP contribution >= 0.6 is 23.2 Å². The molecule has 0 saturated heterocycles. The van der Waals surface area contributed by atoms with Gasteiger partial charge in [0.2, 0.25) is 0 Å².